The molecular weight excluding hydrogens is 236 g/mol. The Morgan fingerprint density at radius 2 is 2.21 bits per heavy atom. The van der Waals surface area contributed by atoms with Crippen molar-refractivity contribution in [1.29, 1.82) is 0 Å². The third kappa shape index (κ3) is 2.44. The number of hydrogen-bond acceptors (Lipinski definition) is 2. The zero-order valence-electron chi connectivity index (χ0n) is 11.4. The van der Waals surface area contributed by atoms with Gasteiger partial charge in [-0.3, -0.25) is 0 Å². The zero-order valence-corrected chi connectivity index (χ0v) is 11.4. The zero-order chi connectivity index (χ0) is 13.2. The lowest BCUT2D eigenvalue weighted by Gasteiger charge is -2.14. The van der Waals surface area contributed by atoms with E-state index in [1.54, 1.807) is 0 Å². The van der Waals surface area contributed by atoms with Crippen molar-refractivity contribution in [3.8, 4) is 0 Å². The molecule has 2 heteroatoms. The van der Waals surface area contributed by atoms with Crippen LogP contribution < -0.4 is 0 Å². The molecule has 0 aliphatic heterocycles. The number of hydrogen-bond donors (Lipinski definition) is 0. The second kappa shape index (κ2) is 5.20. The number of allylic oxidation sites excluding steroid dienone is 1. The maximum atomic E-state index is 11.9. The lowest BCUT2D eigenvalue weighted by Crippen LogP contribution is -2.07. The van der Waals surface area contributed by atoms with Gasteiger partial charge in [0.2, 0.25) is 0 Å². The molecule has 0 N–H and O–H groups in total. The minimum absolute atomic E-state index is 0.210. The van der Waals surface area contributed by atoms with Crippen LogP contribution in [0.5, 0.6) is 0 Å². The van der Waals surface area contributed by atoms with Crippen LogP contribution in [0.3, 0.4) is 0 Å². The van der Waals surface area contributed by atoms with Crippen LogP contribution in [-0.4, -0.2) is 12.6 Å². The van der Waals surface area contributed by atoms with Gasteiger partial charge in [-0.15, -0.1) is 0 Å². The fraction of sp³-hybridized carbons (Fsp3) is 0.471. The van der Waals surface area contributed by atoms with Gasteiger partial charge in [-0.05, 0) is 56.1 Å². The number of fused-ring (bicyclic) bond motifs is 2. The smallest absolute Gasteiger partial charge is 0.338 e. The topological polar surface area (TPSA) is 26.3 Å². The molecule has 0 heterocycles. The van der Waals surface area contributed by atoms with E-state index in [0.29, 0.717) is 12.2 Å². The monoisotopic (exact) mass is 256 g/mol. The first-order valence-electron chi connectivity index (χ1n) is 7.24. The number of rotatable bonds is 3. The minimum Gasteiger partial charge on any atom is -0.462 e. The average Bonchev–Trinajstić information content (AvgIpc) is 3.02. The highest BCUT2D eigenvalue weighted by atomic mass is 16.5. The van der Waals surface area contributed by atoms with Gasteiger partial charge in [0.05, 0.1) is 12.2 Å². The van der Waals surface area contributed by atoms with E-state index in [2.05, 4.69) is 6.08 Å². The second-order valence-electron chi connectivity index (χ2n) is 5.61. The first kappa shape index (κ1) is 12.5. The van der Waals surface area contributed by atoms with Crippen molar-refractivity contribution >= 4 is 12.0 Å². The average molecular weight is 256 g/mol. The second-order valence-corrected chi connectivity index (χ2v) is 5.61. The predicted molar refractivity (Wildman–Crippen MR) is 75.8 cm³/mol. The molecule has 2 saturated carbocycles. The van der Waals surface area contributed by atoms with Crippen LogP contribution in [0, 0.1) is 11.8 Å². The molecule has 1 aromatic carbocycles. The van der Waals surface area contributed by atoms with E-state index in [9.17, 15) is 4.79 Å². The molecule has 100 valence electrons. The quantitative estimate of drug-likeness (QED) is 0.762. The predicted octanol–water partition coefficient (Wildman–Crippen LogP) is 4.07. The molecule has 2 aliphatic rings. The van der Waals surface area contributed by atoms with Crippen LogP contribution in [0.2, 0.25) is 0 Å². The van der Waals surface area contributed by atoms with Gasteiger partial charge >= 0.3 is 5.97 Å². The summed E-state index contributed by atoms with van der Waals surface area (Å²) >= 11 is 0. The highest BCUT2D eigenvalue weighted by Gasteiger charge is 2.35. The molecule has 2 bridgehead atoms. The molecule has 2 atom stereocenters. The van der Waals surface area contributed by atoms with Crippen LogP contribution in [0.25, 0.3) is 6.08 Å². The van der Waals surface area contributed by atoms with Crippen molar-refractivity contribution in [2.24, 2.45) is 11.8 Å². The lowest BCUT2D eigenvalue weighted by molar-refractivity contribution is 0.0526. The fourth-order valence-electron chi connectivity index (χ4n) is 3.49. The summed E-state index contributed by atoms with van der Waals surface area (Å²) in [6.07, 6.45) is 7.53. The van der Waals surface area contributed by atoms with Crippen LogP contribution in [0.1, 0.15) is 48.5 Å². The molecule has 3 rings (SSSR count). The van der Waals surface area contributed by atoms with Crippen LogP contribution in [0.15, 0.2) is 29.8 Å². The van der Waals surface area contributed by atoms with Crippen molar-refractivity contribution < 1.29 is 9.53 Å². The Balaban J connectivity index is 1.89. The SMILES string of the molecule is CCOC(=O)c1ccccc1/C=C1\CC2CCC1C2. The third-order valence-corrected chi connectivity index (χ3v) is 4.39. The third-order valence-electron chi connectivity index (χ3n) is 4.39. The lowest BCUT2D eigenvalue weighted by atomic mass is 9.92. The van der Waals surface area contributed by atoms with Crippen LogP contribution in [0.4, 0.5) is 0 Å². The summed E-state index contributed by atoms with van der Waals surface area (Å²) in [5.41, 5.74) is 3.25. The number of ether oxygens (including phenoxy) is 1. The van der Waals surface area contributed by atoms with Crippen molar-refractivity contribution in [1.82, 2.24) is 0 Å². The summed E-state index contributed by atoms with van der Waals surface area (Å²) in [6, 6.07) is 7.76. The van der Waals surface area contributed by atoms with Crippen molar-refractivity contribution in [3.63, 3.8) is 0 Å². The molecule has 19 heavy (non-hydrogen) atoms. The van der Waals surface area contributed by atoms with Gasteiger partial charge < -0.3 is 4.74 Å². The summed E-state index contributed by atoms with van der Waals surface area (Å²) in [4.78, 5) is 11.9. The maximum Gasteiger partial charge on any atom is 0.338 e. The molecular formula is C17H20O2. The van der Waals surface area contributed by atoms with E-state index < -0.39 is 0 Å². The Labute approximate surface area is 114 Å². The molecule has 0 radical (unpaired) electrons. The molecule has 0 saturated heterocycles. The summed E-state index contributed by atoms with van der Waals surface area (Å²) in [6.45, 7) is 2.27. The Hall–Kier alpha value is -1.57. The van der Waals surface area contributed by atoms with Gasteiger partial charge in [-0.1, -0.05) is 29.8 Å². The normalized spacial score (nSPS) is 26.9. The van der Waals surface area contributed by atoms with Gasteiger partial charge in [0, 0.05) is 0 Å². The van der Waals surface area contributed by atoms with Crippen molar-refractivity contribution in [2.45, 2.75) is 32.6 Å². The maximum absolute atomic E-state index is 11.9. The molecule has 0 spiro atoms. The van der Waals surface area contributed by atoms with Gasteiger partial charge in [-0.25, -0.2) is 4.79 Å². The van der Waals surface area contributed by atoms with Gasteiger partial charge in [0.25, 0.3) is 0 Å². The van der Waals surface area contributed by atoms with E-state index in [1.807, 2.05) is 31.2 Å². The molecule has 2 aliphatic carbocycles. The first-order chi connectivity index (χ1) is 9.28. The van der Waals surface area contributed by atoms with Crippen molar-refractivity contribution in [3.05, 3.63) is 41.0 Å². The standard InChI is InChI=1S/C17H20O2/c1-2-19-17(18)16-6-4-3-5-14(16)11-15-10-12-7-8-13(15)9-12/h3-6,11-13H,2,7-10H2,1H3/b15-11+. The highest BCUT2D eigenvalue weighted by molar-refractivity contribution is 5.93. The van der Waals surface area contributed by atoms with E-state index in [0.717, 1.165) is 17.4 Å². The molecule has 2 unspecified atom stereocenters. The summed E-state index contributed by atoms with van der Waals surface area (Å²) in [5, 5.41) is 0. The van der Waals surface area contributed by atoms with E-state index in [1.165, 1.54) is 31.3 Å². The summed E-state index contributed by atoms with van der Waals surface area (Å²) in [5.74, 6) is 1.45. The fourth-order valence-corrected chi connectivity index (χ4v) is 3.49. The van der Waals surface area contributed by atoms with E-state index in [-0.39, 0.29) is 5.97 Å². The largest absolute Gasteiger partial charge is 0.462 e. The molecule has 2 nitrogen and oxygen atoms in total. The number of esters is 1. The molecule has 2 fully saturated rings. The van der Waals surface area contributed by atoms with Crippen LogP contribution >= 0.6 is 0 Å². The van der Waals surface area contributed by atoms with Crippen LogP contribution in [-0.2, 0) is 4.74 Å². The molecule has 0 amide bonds. The highest BCUT2D eigenvalue weighted by Crippen LogP contribution is 2.48. The van der Waals surface area contributed by atoms with Gasteiger partial charge in [0.1, 0.15) is 0 Å². The Morgan fingerprint density at radius 3 is 2.89 bits per heavy atom. The minimum atomic E-state index is -0.210. The van der Waals surface area contributed by atoms with Crippen molar-refractivity contribution in [2.75, 3.05) is 6.61 Å². The van der Waals surface area contributed by atoms with Gasteiger partial charge in [0.15, 0.2) is 0 Å². The summed E-state index contributed by atoms with van der Waals surface area (Å²) in [7, 11) is 0. The van der Waals surface area contributed by atoms with Gasteiger partial charge in [-0.2, -0.15) is 0 Å². The first-order valence-corrected chi connectivity index (χ1v) is 7.24. The number of carbonyl (C=O) groups is 1. The van der Waals surface area contributed by atoms with E-state index >= 15 is 0 Å². The number of carbonyl (C=O) groups excluding carboxylic acids is 1. The Kier molecular flexibility index (Phi) is 3.41. The molecule has 0 aromatic heterocycles. The molecule has 1 aromatic rings. The Morgan fingerprint density at radius 1 is 1.37 bits per heavy atom. The van der Waals surface area contributed by atoms with E-state index in [4.69, 9.17) is 4.74 Å². The Bertz CT molecular complexity index is 516. The summed E-state index contributed by atoms with van der Waals surface area (Å²) < 4.78 is 5.13. The number of benzene rings is 1.